The maximum atomic E-state index is 11.8. The standard InChI is InChI=1S/C11H11BrN2O4/c12-8-3-11(16)13(5-8)10-4-9(14(17)18)2-1-7(10)6-15/h1-2,4,8,15H,3,5-6H2. The van der Waals surface area contributed by atoms with Gasteiger partial charge in [0, 0.05) is 35.5 Å². The number of halogens is 1. The van der Waals surface area contributed by atoms with Gasteiger partial charge < -0.3 is 10.0 Å². The van der Waals surface area contributed by atoms with Crippen LogP contribution >= 0.6 is 15.9 Å². The van der Waals surface area contributed by atoms with E-state index in [2.05, 4.69) is 15.9 Å². The van der Waals surface area contributed by atoms with Gasteiger partial charge >= 0.3 is 0 Å². The summed E-state index contributed by atoms with van der Waals surface area (Å²) >= 11 is 3.35. The molecule has 1 aliphatic rings. The van der Waals surface area contributed by atoms with Crippen molar-refractivity contribution in [1.29, 1.82) is 0 Å². The largest absolute Gasteiger partial charge is 0.392 e. The summed E-state index contributed by atoms with van der Waals surface area (Å²) in [7, 11) is 0. The third-order valence-electron chi connectivity index (χ3n) is 2.82. The summed E-state index contributed by atoms with van der Waals surface area (Å²) < 4.78 is 0. The van der Waals surface area contributed by atoms with Crippen LogP contribution in [0.15, 0.2) is 18.2 Å². The molecule has 1 aliphatic heterocycles. The van der Waals surface area contributed by atoms with Gasteiger partial charge in [-0.2, -0.15) is 0 Å². The maximum Gasteiger partial charge on any atom is 0.271 e. The molecule has 0 aromatic heterocycles. The van der Waals surface area contributed by atoms with Gasteiger partial charge in [-0.05, 0) is 6.07 Å². The van der Waals surface area contributed by atoms with Crippen molar-refractivity contribution in [2.45, 2.75) is 17.9 Å². The van der Waals surface area contributed by atoms with Crippen LogP contribution in [0.25, 0.3) is 0 Å². The van der Waals surface area contributed by atoms with Crippen LogP contribution in [0.1, 0.15) is 12.0 Å². The summed E-state index contributed by atoms with van der Waals surface area (Å²) in [6, 6.07) is 4.12. The fourth-order valence-corrected chi connectivity index (χ4v) is 2.51. The summed E-state index contributed by atoms with van der Waals surface area (Å²) in [6.45, 7) is 0.192. The molecule has 96 valence electrons. The number of rotatable bonds is 3. The zero-order valence-corrected chi connectivity index (χ0v) is 11.0. The Morgan fingerprint density at radius 3 is 2.78 bits per heavy atom. The van der Waals surface area contributed by atoms with Crippen LogP contribution in [0.3, 0.4) is 0 Å². The van der Waals surface area contributed by atoms with E-state index in [1.165, 1.54) is 23.1 Å². The Bertz CT molecular complexity index is 506. The van der Waals surface area contributed by atoms with Gasteiger partial charge in [-0.15, -0.1) is 0 Å². The van der Waals surface area contributed by atoms with E-state index in [4.69, 9.17) is 0 Å². The van der Waals surface area contributed by atoms with Crippen LogP contribution in [0.2, 0.25) is 0 Å². The number of amides is 1. The molecule has 18 heavy (non-hydrogen) atoms. The average molecular weight is 315 g/mol. The number of anilines is 1. The molecule has 0 radical (unpaired) electrons. The van der Waals surface area contributed by atoms with Crippen LogP contribution < -0.4 is 4.90 Å². The number of carbonyl (C=O) groups excluding carboxylic acids is 1. The van der Waals surface area contributed by atoms with Crippen molar-refractivity contribution in [3.05, 3.63) is 33.9 Å². The van der Waals surface area contributed by atoms with Crippen molar-refractivity contribution >= 4 is 33.2 Å². The van der Waals surface area contributed by atoms with Crippen LogP contribution in [0, 0.1) is 10.1 Å². The van der Waals surface area contributed by atoms with E-state index in [1.807, 2.05) is 0 Å². The number of nitro groups is 1. The second-order valence-electron chi connectivity index (χ2n) is 4.03. The quantitative estimate of drug-likeness (QED) is 0.521. The van der Waals surface area contributed by atoms with E-state index < -0.39 is 4.92 Å². The van der Waals surface area contributed by atoms with E-state index in [0.717, 1.165) is 0 Å². The number of carbonyl (C=O) groups is 1. The minimum atomic E-state index is -0.517. The van der Waals surface area contributed by atoms with E-state index in [-0.39, 0.29) is 23.0 Å². The van der Waals surface area contributed by atoms with Gasteiger partial charge in [0.15, 0.2) is 0 Å². The Labute approximate surface area is 111 Å². The minimum Gasteiger partial charge on any atom is -0.392 e. The number of hydrogen-bond donors (Lipinski definition) is 1. The van der Waals surface area contributed by atoms with Gasteiger partial charge in [-0.1, -0.05) is 15.9 Å². The van der Waals surface area contributed by atoms with Crippen LogP contribution in [0.5, 0.6) is 0 Å². The third kappa shape index (κ3) is 2.37. The maximum absolute atomic E-state index is 11.8. The molecule has 1 aromatic carbocycles. The number of nitrogens with zero attached hydrogens (tertiary/aromatic N) is 2. The first-order valence-corrected chi connectivity index (χ1v) is 6.27. The number of aliphatic hydroxyl groups excluding tert-OH is 1. The number of non-ortho nitro benzene ring substituents is 1. The predicted molar refractivity (Wildman–Crippen MR) is 68.7 cm³/mol. The SMILES string of the molecule is O=C1CC(Br)CN1c1cc([N+](=O)[O-])ccc1CO. The Kier molecular flexibility index (Phi) is 3.63. The van der Waals surface area contributed by atoms with Crippen LogP contribution in [-0.4, -0.2) is 27.3 Å². The Balaban J connectivity index is 2.44. The first kappa shape index (κ1) is 13.0. The smallest absolute Gasteiger partial charge is 0.271 e. The number of benzene rings is 1. The zero-order chi connectivity index (χ0) is 13.3. The molecule has 1 heterocycles. The fourth-order valence-electron chi connectivity index (χ4n) is 1.95. The lowest BCUT2D eigenvalue weighted by molar-refractivity contribution is -0.384. The van der Waals surface area contributed by atoms with Gasteiger partial charge in [0.05, 0.1) is 17.2 Å². The Hall–Kier alpha value is -1.47. The molecular weight excluding hydrogens is 304 g/mol. The topological polar surface area (TPSA) is 83.7 Å². The van der Waals surface area contributed by atoms with Gasteiger partial charge in [-0.25, -0.2) is 0 Å². The molecule has 0 spiro atoms. The van der Waals surface area contributed by atoms with Crippen molar-refractivity contribution in [2.75, 3.05) is 11.4 Å². The number of aliphatic hydroxyl groups is 1. The molecule has 1 amide bonds. The molecule has 6 nitrogen and oxygen atoms in total. The monoisotopic (exact) mass is 314 g/mol. The van der Waals surface area contributed by atoms with Crippen molar-refractivity contribution in [2.24, 2.45) is 0 Å². The highest BCUT2D eigenvalue weighted by atomic mass is 79.9. The van der Waals surface area contributed by atoms with Crippen LogP contribution in [0.4, 0.5) is 11.4 Å². The highest BCUT2D eigenvalue weighted by Crippen LogP contribution is 2.31. The van der Waals surface area contributed by atoms with E-state index >= 15 is 0 Å². The van der Waals surface area contributed by atoms with Crippen molar-refractivity contribution < 1.29 is 14.8 Å². The molecule has 1 fully saturated rings. The lowest BCUT2D eigenvalue weighted by Gasteiger charge is -2.18. The summed E-state index contributed by atoms with van der Waals surface area (Å²) in [4.78, 5) is 23.5. The highest BCUT2D eigenvalue weighted by molar-refractivity contribution is 9.09. The number of alkyl halides is 1. The third-order valence-corrected chi connectivity index (χ3v) is 3.43. The molecule has 1 atom stereocenters. The zero-order valence-electron chi connectivity index (χ0n) is 9.38. The lowest BCUT2D eigenvalue weighted by atomic mass is 10.1. The van der Waals surface area contributed by atoms with Crippen molar-refractivity contribution in [3.8, 4) is 0 Å². The molecule has 1 aromatic rings. The first-order chi connectivity index (χ1) is 8.52. The highest BCUT2D eigenvalue weighted by Gasteiger charge is 2.30. The van der Waals surface area contributed by atoms with Crippen LogP contribution in [-0.2, 0) is 11.4 Å². The summed E-state index contributed by atoms with van der Waals surface area (Å²) in [6.07, 6.45) is 0.355. The molecule has 1 saturated heterocycles. The summed E-state index contributed by atoms with van der Waals surface area (Å²) in [5, 5.41) is 20.0. The normalized spacial score (nSPS) is 19.3. The second-order valence-corrected chi connectivity index (χ2v) is 5.33. The fraction of sp³-hybridized carbons (Fsp3) is 0.364. The molecule has 1 unspecified atom stereocenters. The molecule has 0 bridgehead atoms. The van der Waals surface area contributed by atoms with Crippen molar-refractivity contribution in [1.82, 2.24) is 0 Å². The van der Waals surface area contributed by atoms with E-state index in [1.54, 1.807) is 0 Å². The predicted octanol–water partition coefficient (Wildman–Crippen LogP) is 1.59. The van der Waals surface area contributed by atoms with E-state index in [9.17, 15) is 20.0 Å². The average Bonchev–Trinajstić information content (AvgIpc) is 2.67. The minimum absolute atomic E-state index is 0.0378. The van der Waals surface area contributed by atoms with Gasteiger partial charge in [-0.3, -0.25) is 14.9 Å². The Morgan fingerprint density at radius 2 is 2.28 bits per heavy atom. The Morgan fingerprint density at radius 1 is 1.56 bits per heavy atom. The first-order valence-electron chi connectivity index (χ1n) is 5.35. The number of nitro benzene ring substituents is 1. The summed E-state index contributed by atoms with van der Waals surface area (Å²) in [5.41, 5.74) is 0.835. The van der Waals surface area contributed by atoms with Crippen molar-refractivity contribution in [3.63, 3.8) is 0 Å². The van der Waals surface area contributed by atoms with Gasteiger partial charge in [0.2, 0.25) is 5.91 Å². The molecule has 7 heteroatoms. The van der Waals surface area contributed by atoms with Gasteiger partial charge in [0.1, 0.15) is 0 Å². The van der Waals surface area contributed by atoms with Gasteiger partial charge in [0.25, 0.3) is 5.69 Å². The van der Waals surface area contributed by atoms with E-state index in [0.29, 0.717) is 24.2 Å². The number of hydrogen-bond acceptors (Lipinski definition) is 4. The summed E-state index contributed by atoms with van der Waals surface area (Å²) in [5.74, 6) is -0.105. The second kappa shape index (κ2) is 5.03. The lowest BCUT2D eigenvalue weighted by Crippen LogP contribution is -2.25. The molecule has 1 N–H and O–H groups in total. The molecule has 0 saturated carbocycles. The molecule has 0 aliphatic carbocycles. The molecule has 2 rings (SSSR count). The molecular formula is C11H11BrN2O4.